The van der Waals surface area contributed by atoms with Crippen molar-refractivity contribution in [3.63, 3.8) is 0 Å². The molecule has 0 unspecified atom stereocenters. The maximum atomic E-state index is 13.8. The van der Waals surface area contributed by atoms with Crippen molar-refractivity contribution < 1.29 is 28.5 Å². The van der Waals surface area contributed by atoms with E-state index < -0.39 is 5.54 Å². The van der Waals surface area contributed by atoms with Crippen LogP contribution >= 0.6 is 0 Å². The van der Waals surface area contributed by atoms with Crippen molar-refractivity contribution in [3.05, 3.63) is 53.6 Å². The van der Waals surface area contributed by atoms with Crippen LogP contribution in [0.4, 0.5) is 4.79 Å². The zero-order valence-corrected chi connectivity index (χ0v) is 20.9. The van der Waals surface area contributed by atoms with Gasteiger partial charge in [0.15, 0.2) is 11.5 Å². The molecule has 0 bridgehead atoms. The maximum Gasteiger partial charge on any atom is 0.328 e. The molecular weight excluding hydrogens is 462 g/mol. The third-order valence-electron chi connectivity index (χ3n) is 7.34. The standard InChI is InChI=1S/C27H33N3O6/c1-33-14-13-30-26(32)29(18-20-5-3-7-22(17-20)34-2)25(31)27(30)9-11-28(12-10-27)19-21-6-4-8-23-24(21)36-16-15-35-23/h3-8,17H,9-16,18-19H2,1-2H3. The van der Waals surface area contributed by atoms with Gasteiger partial charge in [-0.2, -0.15) is 0 Å². The lowest BCUT2D eigenvalue weighted by Gasteiger charge is -2.42. The number of rotatable bonds is 8. The Labute approximate surface area is 211 Å². The molecule has 0 aliphatic carbocycles. The van der Waals surface area contributed by atoms with Crippen molar-refractivity contribution in [1.82, 2.24) is 14.7 Å². The smallest absolute Gasteiger partial charge is 0.328 e. The number of hydrogen-bond acceptors (Lipinski definition) is 7. The van der Waals surface area contributed by atoms with Crippen molar-refractivity contribution in [2.75, 3.05) is 53.7 Å². The van der Waals surface area contributed by atoms with Gasteiger partial charge in [0, 0.05) is 38.9 Å². The van der Waals surface area contributed by atoms with Gasteiger partial charge >= 0.3 is 6.03 Å². The highest BCUT2D eigenvalue weighted by Crippen LogP contribution is 2.40. The number of likely N-dealkylation sites (tertiary alicyclic amines) is 1. The zero-order chi connectivity index (χ0) is 25.1. The quantitative estimate of drug-likeness (QED) is 0.521. The first-order valence-electron chi connectivity index (χ1n) is 12.4. The van der Waals surface area contributed by atoms with Crippen LogP contribution in [0.5, 0.6) is 17.2 Å². The molecule has 2 aromatic rings. The summed E-state index contributed by atoms with van der Waals surface area (Å²) in [4.78, 5) is 32.7. The fraction of sp³-hybridized carbons (Fsp3) is 0.481. The van der Waals surface area contributed by atoms with Gasteiger partial charge in [-0.25, -0.2) is 4.79 Å². The Morgan fingerprint density at radius 1 is 0.972 bits per heavy atom. The molecular formula is C27H33N3O6. The van der Waals surface area contributed by atoms with E-state index in [0.29, 0.717) is 64.6 Å². The van der Waals surface area contributed by atoms with Gasteiger partial charge < -0.3 is 23.8 Å². The van der Waals surface area contributed by atoms with Crippen LogP contribution in [-0.2, 0) is 22.6 Å². The lowest BCUT2D eigenvalue weighted by atomic mass is 9.85. The van der Waals surface area contributed by atoms with Gasteiger partial charge in [0.05, 0.1) is 20.3 Å². The first kappa shape index (κ1) is 24.4. The molecule has 192 valence electrons. The number of para-hydroxylation sites is 1. The Balaban J connectivity index is 1.32. The summed E-state index contributed by atoms with van der Waals surface area (Å²) in [6.07, 6.45) is 1.14. The normalized spacial score (nSPS) is 19.3. The first-order valence-corrected chi connectivity index (χ1v) is 12.4. The second-order valence-corrected chi connectivity index (χ2v) is 9.42. The number of piperidine rings is 1. The van der Waals surface area contributed by atoms with E-state index in [9.17, 15) is 9.59 Å². The molecule has 2 fully saturated rings. The van der Waals surface area contributed by atoms with E-state index in [2.05, 4.69) is 11.0 Å². The van der Waals surface area contributed by atoms with Gasteiger partial charge in [-0.15, -0.1) is 0 Å². The third-order valence-corrected chi connectivity index (χ3v) is 7.34. The molecule has 3 aliphatic heterocycles. The molecule has 0 aromatic heterocycles. The molecule has 0 atom stereocenters. The largest absolute Gasteiger partial charge is 0.497 e. The van der Waals surface area contributed by atoms with E-state index in [1.807, 2.05) is 36.4 Å². The summed E-state index contributed by atoms with van der Waals surface area (Å²) in [6, 6.07) is 13.2. The van der Waals surface area contributed by atoms with Gasteiger partial charge in [0.1, 0.15) is 24.5 Å². The van der Waals surface area contributed by atoms with Crippen LogP contribution in [0, 0.1) is 0 Å². The van der Waals surface area contributed by atoms with E-state index in [1.54, 1.807) is 19.1 Å². The van der Waals surface area contributed by atoms with E-state index in [0.717, 1.165) is 22.6 Å². The monoisotopic (exact) mass is 495 g/mol. The number of benzene rings is 2. The summed E-state index contributed by atoms with van der Waals surface area (Å²) in [7, 11) is 3.21. The Hall–Kier alpha value is -3.30. The summed E-state index contributed by atoms with van der Waals surface area (Å²) in [5.41, 5.74) is 1.09. The molecule has 3 aliphatic rings. The van der Waals surface area contributed by atoms with Crippen LogP contribution in [0.3, 0.4) is 0 Å². The zero-order valence-electron chi connectivity index (χ0n) is 20.9. The van der Waals surface area contributed by atoms with Crippen LogP contribution in [0.15, 0.2) is 42.5 Å². The maximum absolute atomic E-state index is 13.8. The number of methoxy groups -OCH3 is 2. The molecule has 9 heteroatoms. The Kier molecular flexibility index (Phi) is 7.02. The molecule has 0 saturated carbocycles. The van der Waals surface area contributed by atoms with Gasteiger partial charge in [0.2, 0.25) is 0 Å². The Bertz CT molecular complexity index is 1110. The van der Waals surface area contributed by atoms with Crippen molar-refractivity contribution in [3.8, 4) is 17.2 Å². The number of hydrogen-bond donors (Lipinski definition) is 0. The SMILES string of the molecule is COCCN1C(=O)N(Cc2cccc(OC)c2)C(=O)C12CCN(Cc1cccc3c1OCCO3)CC2. The number of amides is 3. The van der Waals surface area contributed by atoms with E-state index >= 15 is 0 Å². The molecule has 2 saturated heterocycles. The topological polar surface area (TPSA) is 80.8 Å². The highest BCUT2D eigenvalue weighted by molar-refractivity contribution is 6.07. The number of ether oxygens (including phenoxy) is 4. The molecule has 0 radical (unpaired) electrons. The van der Waals surface area contributed by atoms with Crippen molar-refractivity contribution in [2.45, 2.75) is 31.5 Å². The number of carbonyl (C=O) groups excluding carboxylic acids is 2. The van der Waals surface area contributed by atoms with Gasteiger partial charge in [-0.05, 0) is 36.6 Å². The minimum Gasteiger partial charge on any atom is -0.497 e. The van der Waals surface area contributed by atoms with E-state index in [1.165, 1.54) is 4.90 Å². The lowest BCUT2D eigenvalue weighted by molar-refractivity contribution is -0.136. The highest BCUT2D eigenvalue weighted by atomic mass is 16.6. The number of fused-ring (bicyclic) bond motifs is 1. The fourth-order valence-corrected chi connectivity index (χ4v) is 5.43. The first-order chi connectivity index (χ1) is 17.6. The fourth-order valence-electron chi connectivity index (χ4n) is 5.43. The van der Waals surface area contributed by atoms with Crippen LogP contribution in [-0.4, -0.2) is 85.9 Å². The number of nitrogens with zero attached hydrogens (tertiary/aromatic N) is 3. The van der Waals surface area contributed by atoms with Gasteiger partial charge in [-0.1, -0.05) is 24.3 Å². The highest BCUT2D eigenvalue weighted by Gasteiger charge is 2.57. The van der Waals surface area contributed by atoms with Crippen LogP contribution in [0.1, 0.15) is 24.0 Å². The molecule has 2 aromatic carbocycles. The van der Waals surface area contributed by atoms with Crippen LogP contribution < -0.4 is 14.2 Å². The summed E-state index contributed by atoms with van der Waals surface area (Å²) < 4.78 is 22.2. The van der Waals surface area contributed by atoms with Crippen molar-refractivity contribution in [1.29, 1.82) is 0 Å². The Morgan fingerprint density at radius 2 is 1.75 bits per heavy atom. The molecule has 5 rings (SSSR count). The number of carbonyl (C=O) groups is 2. The molecule has 9 nitrogen and oxygen atoms in total. The average molecular weight is 496 g/mol. The second-order valence-electron chi connectivity index (χ2n) is 9.42. The average Bonchev–Trinajstić information content (AvgIpc) is 3.10. The van der Waals surface area contributed by atoms with Gasteiger partial charge in [-0.3, -0.25) is 14.6 Å². The minimum absolute atomic E-state index is 0.125. The molecule has 0 N–H and O–H groups in total. The van der Waals surface area contributed by atoms with E-state index in [-0.39, 0.29) is 18.5 Å². The van der Waals surface area contributed by atoms with Gasteiger partial charge in [0.25, 0.3) is 5.91 Å². The Morgan fingerprint density at radius 3 is 2.53 bits per heavy atom. The third kappa shape index (κ3) is 4.49. The van der Waals surface area contributed by atoms with E-state index in [4.69, 9.17) is 18.9 Å². The summed E-state index contributed by atoms with van der Waals surface area (Å²) in [5.74, 6) is 2.16. The van der Waals surface area contributed by atoms with Crippen LogP contribution in [0.25, 0.3) is 0 Å². The lowest BCUT2D eigenvalue weighted by Crippen LogP contribution is -2.57. The predicted molar refractivity (Wildman–Crippen MR) is 132 cm³/mol. The minimum atomic E-state index is -0.847. The molecule has 36 heavy (non-hydrogen) atoms. The molecule has 1 spiro atoms. The van der Waals surface area contributed by atoms with Crippen LogP contribution in [0.2, 0.25) is 0 Å². The summed E-state index contributed by atoms with van der Waals surface area (Å²) >= 11 is 0. The summed E-state index contributed by atoms with van der Waals surface area (Å²) in [5, 5.41) is 0. The molecule has 3 amide bonds. The summed E-state index contributed by atoms with van der Waals surface area (Å²) in [6.45, 7) is 4.18. The second kappa shape index (κ2) is 10.4. The predicted octanol–water partition coefficient (Wildman–Crippen LogP) is 2.91. The van der Waals surface area contributed by atoms with Crippen molar-refractivity contribution in [2.24, 2.45) is 0 Å². The molecule has 3 heterocycles. The number of imide groups is 1. The number of urea groups is 1. The van der Waals surface area contributed by atoms with Crippen molar-refractivity contribution >= 4 is 11.9 Å².